The summed E-state index contributed by atoms with van der Waals surface area (Å²) >= 11 is 0. The molecule has 2 aromatic heterocycles. The fourth-order valence-electron chi connectivity index (χ4n) is 1.03. The minimum Gasteiger partial charge on any atom is -0.292 e. The highest BCUT2D eigenvalue weighted by molar-refractivity contribution is 7.92. The van der Waals surface area contributed by atoms with E-state index in [0.717, 1.165) is 17.2 Å². The molecular formula is C6H9N9O2S. The van der Waals surface area contributed by atoms with Gasteiger partial charge < -0.3 is 0 Å². The van der Waals surface area contributed by atoms with Crippen molar-refractivity contribution in [3.05, 3.63) is 12.4 Å². The molecule has 2 rings (SSSR count). The van der Waals surface area contributed by atoms with E-state index >= 15 is 0 Å². The van der Waals surface area contributed by atoms with Crippen LogP contribution < -0.4 is 16.0 Å². The molecule has 0 aliphatic rings. The van der Waals surface area contributed by atoms with E-state index in [2.05, 4.69) is 35.5 Å². The average molecular weight is 271 g/mol. The Balaban J connectivity index is 2.24. The van der Waals surface area contributed by atoms with Crippen LogP contribution in [0.5, 0.6) is 0 Å². The zero-order valence-electron chi connectivity index (χ0n) is 9.14. The second-order valence-electron chi connectivity index (χ2n) is 3.09. The maximum absolute atomic E-state index is 11.9. The molecule has 12 heteroatoms. The van der Waals surface area contributed by atoms with E-state index in [-0.39, 0.29) is 16.8 Å². The molecule has 2 aromatic rings. The van der Waals surface area contributed by atoms with Gasteiger partial charge in [0.2, 0.25) is 5.95 Å². The van der Waals surface area contributed by atoms with Crippen LogP contribution in [0.4, 0.5) is 11.9 Å². The van der Waals surface area contributed by atoms with Crippen LogP contribution in [-0.2, 0) is 17.1 Å². The number of hydrogen-bond acceptors (Lipinski definition) is 9. The fraction of sp³-hybridized carbons (Fsp3) is 0.167. The lowest BCUT2D eigenvalue weighted by Gasteiger charge is -2.03. The van der Waals surface area contributed by atoms with Gasteiger partial charge in [0.25, 0.3) is 16.0 Å². The lowest BCUT2D eigenvalue weighted by Crippen LogP contribution is -2.16. The molecule has 0 aliphatic heterocycles. The first-order valence-corrected chi connectivity index (χ1v) is 6.05. The zero-order chi connectivity index (χ0) is 13.2. The number of rotatable bonds is 4. The summed E-state index contributed by atoms with van der Waals surface area (Å²) in [6.07, 6.45) is 2.20. The molecule has 0 fully saturated rings. The smallest absolute Gasteiger partial charge is 0.277 e. The van der Waals surface area contributed by atoms with Gasteiger partial charge in [-0.15, -0.1) is 5.10 Å². The number of nitrogens with two attached hydrogens (primary N) is 1. The largest absolute Gasteiger partial charge is 0.292 e. The molecule has 4 N–H and O–H groups in total. The van der Waals surface area contributed by atoms with Crippen molar-refractivity contribution in [2.75, 3.05) is 10.1 Å². The number of nitrogens with zero attached hydrogens (tertiary/aromatic N) is 6. The molecule has 0 aliphatic carbocycles. The van der Waals surface area contributed by atoms with Gasteiger partial charge in [-0.05, 0) is 5.21 Å². The molecule has 18 heavy (non-hydrogen) atoms. The maximum Gasteiger partial charge on any atom is 0.277 e. The van der Waals surface area contributed by atoms with Crippen LogP contribution in [0.15, 0.2) is 17.3 Å². The Kier molecular flexibility index (Phi) is 3.03. The monoisotopic (exact) mass is 271 g/mol. The maximum atomic E-state index is 11.9. The van der Waals surface area contributed by atoms with Crippen molar-refractivity contribution in [1.29, 1.82) is 0 Å². The fourth-order valence-corrected chi connectivity index (χ4v) is 1.86. The van der Waals surface area contributed by atoms with E-state index in [4.69, 9.17) is 5.84 Å². The lowest BCUT2D eigenvalue weighted by molar-refractivity contribution is 0.599. The Hall–Kier alpha value is -2.34. The van der Waals surface area contributed by atoms with Gasteiger partial charge >= 0.3 is 0 Å². The van der Waals surface area contributed by atoms with Gasteiger partial charge in [0, 0.05) is 0 Å². The number of aryl methyl sites for hydroxylation is 1. The van der Waals surface area contributed by atoms with Crippen LogP contribution in [0, 0.1) is 0 Å². The van der Waals surface area contributed by atoms with E-state index in [0.29, 0.717) is 0 Å². The standard InChI is InChI=1S/C6H9N9O2S/c1-15-12-6(11-14-15)13-18(16,17)4-2-8-5(10-7)9-3-4/h2-3H,7H2,1H3,(H,12,13)(H,8,9,10). The summed E-state index contributed by atoms with van der Waals surface area (Å²) in [5.41, 5.74) is 2.18. The van der Waals surface area contributed by atoms with Crippen molar-refractivity contribution in [1.82, 2.24) is 30.2 Å². The van der Waals surface area contributed by atoms with Crippen LogP contribution in [0.25, 0.3) is 0 Å². The summed E-state index contributed by atoms with van der Waals surface area (Å²) in [7, 11) is -2.34. The number of hydrogen-bond donors (Lipinski definition) is 3. The van der Waals surface area contributed by atoms with Gasteiger partial charge in [-0.2, -0.15) is 4.80 Å². The number of hydrazine groups is 1. The van der Waals surface area contributed by atoms with E-state index in [1.165, 1.54) is 7.05 Å². The summed E-state index contributed by atoms with van der Waals surface area (Å²) in [4.78, 5) is 8.34. The Morgan fingerprint density at radius 2 is 1.94 bits per heavy atom. The topological polar surface area (TPSA) is 154 Å². The van der Waals surface area contributed by atoms with Gasteiger partial charge in [0.1, 0.15) is 4.90 Å². The summed E-state index contributed by atoms with van der Waals surface area (Å²) < 4.78 is 25.8. The number of nitrogens with one attached hydrogen (secondary N) is 2. The molecule has 0 amide bonds. The van der Waals surface area contributed by atoms with Crippen LogP contribution in [0.2, 0.25) is 0 Å². The third-order valence-electron chi connectivity index (χ3n) is 1.80. The van der Waals surface area contributed by atoms with Crippen molar-refractivity contribution < 1.29 is 8.42 Å². The minimum absolute atomic E-state index is 0.103. The molecule has 0 atom stereocenters. The highest BCUT2D eigenvalue weighted by atomic mass is 32.2. The van der Waals surface area contributed by atoms with Gasteiger partial charge in [0.15, 0.2) is 0 Å². The summed E-state index contributed by atoms with van der Waals surface area (Å²) in [6.45, 7) is 0. The van der Waals surface area contributed by atoms with Crippen molar-refractivity contribution in [2.45, 2.75) is 4.90 Å². The van der Waals surface area contributed by atoms with E-state index < -0.39 is 10.0 Å². The normalized spacial score (nSPS) is 11.2. The molecule has 0 aromatic carbocycles. The second-order valence-corrected chi connectivity index (χ2v) is 4.78. The predicted molar refractivity (Wildman–Crippen MR) is 59.4 cm³/mol. The van der Waals surface area contributed by atoms with E-state index in [1.807, 2.05) is 0 Å². The molecule has 0 radical (unpaired) electrons. The van der Waals surface area contributed by atoms with Crippen molar-refractivity contribution in [3.8, 4) is 0 Å². The Labute approximate surface area is 101 Å². The molecule has 0 unspecified atom stereocenters. The van der Waals surface area contributed by atoms with Crippen molar-refractivity contribution in [2.24, 2.45) is 12.9 Å². The van der Waals surface area contributed by atoms with E-state index in [9.17, 15) is 8.42 Å². The highest BCUT2D eigenvalue weighted by Crippen LogP contribution is 2.10. The number of aromatic nitrogens is 6. The van der Waals surface area contributed by atoms with Crippen LogP contribution in [0.1, 0.15) is 0 Å². The SMILES string of the molecule is Cn1nnc(NS(=O)(=O)c2cnc(NN)nc2)n1. The molecule has 0 saturated heterocycles. The highest BCUT2D eigenvalue weighted by Gasteiger charge is 2.17. The third kappa shape index (κ3) is 2.49. The van der Waals surface area contributed by atoms with Gasteiger partial charge in [-0.25, -0.2) is 29.0 Å². The first-order chi connectivity index (χ1) is 8.51. The first kappa shape index (κ1) is 12.1. The zero-order valence-corrected chi connectivity index (χ0v) is 9.96. The van der Waals surface area contributed by atoms with Gasteiger partial charge in [-0.3, -0.25) is 5.43 Å². The number of sulfonamides is 1. The molecule has 0 saturated carbocycles. The Morgan fingerprint density at radius 1 is 1.28 bits per heavy atom. The summed E-state index contributed by atoms with van der Waals surface area (Å²) in [6, 6.07) is 0. The minimum atomic E-state index is -3.85. The Bertz CT molecular complexity index is 633. The van der Waals surface area contributed by atoms with Crippen molar-refractivity contribution in [3.63, 3.8) is 0 Å². The molecule has 0 bridgehead atoms. The molecule has 2 heterocycles. The molecule has 96 valence electrons. The summed E-state index contributed by atoms with van der Waals surface area (Å²) in [5, 5.41) is 10.7. The van der Waals surface area contributed by atoms with Gasteiger partial charge in [0.05, 0.1) is 19.4 Å². The van der Waals surface area contributed by atoms with E-state index in [1.54, 1.807) is 0 Å². The number of tetrazole rings is 1. The number of nitrogen functional groups attached to an aromatic ring is 1. The molecule has 11 nitrogen and oxygen atoms in total. The summed E-state index contributed by atoms with van der Waals surface area (Å²) in [5.74, 6) is 5.03. The second kappa shape index (κ2) is 4.50. The van der Waals surface area contributed by atoms with Crippen LogP contribution in [-0.4, -0.2) is 38.6 Å². The Morgan fingerprint density at radius 3 is 2.44 bits per heavy atom. The predicted octanol–water partition coefficient (Wildman–Crippen LogP) is -1.91. The molecular weight excluding hydrogens is 262 g/mol. The van der Waals surface area contributed by atoms with Crippen molar-refractivity contribution >= 4 is 21.9 Å². The van der Waals surface area contributed by atoms with Crippen LogP contribution in [0.3, 0.4) is 0 Å². The lowest BCUT2D eigenvalue weighted by atomic mass is 10.7. The number of anilines is 2. The quantitative estimate of drug-likeness (QED) is 0.426. The average Bonchev–Trinajstić information content (AvgIpc) is 2.74. The first-order valence-electron chi connectivity index (χ1n) is 4.57. The van der Waals surface area contributed by atoms with Gasteiger partial charge in [-0.1, -0.05) is 5.10 Å². The third-order valence-corrected chi connectivity index (χ3v) is 3.08. The molecule has 0 spiro atoms. The van der Waals surface area contributed by atoms with Crippen LogP contribution >= 0.6 is 0 Å².